The minimum Gasteiger partial charge on any atom is -0.467 e. The minimum atomic E-state index is -0.229. The zero-order chi connectivity index (χ0) is 36.5. The lowest BCUT2D eigenvalue weighted by Crippen LogP contribution is -2.62. The molecule has 2 aliphatic heterocycles. The van der Waals surface area contributed by atoms with Crippen LogP contribution in [0.4, 0.5) is 34.1 Å². The molecule has 5 nitrogen and oxygen atoms in total. The van der Waals surface area contributed by atoms with Crippen molar-refractivity contribution in [2.75, 3.05) is 9.80 Å². The molecule has 6 heteroatoms. The van der Waals surface area contributed by atoms with Crippen LogP contribution in [0.5, 0.6) is 0 Å². The molecule has 0 aliphatic carbocycles. The number of fused-ring (bicyclic) bond motifs is 12. The van der Waals surface area contributed by atoms with Gasteiger partial charge in [-0.2, -0.15) is 0 Å². The van der Waals surface area contributed by atoms with Crippen LogP contribution in [-0.4, -0.2) is 11.3 Å². The average molecular weight is 708 g/mol. The normalized spacial score (nSPS) is 13.3. The van der Waals surface area contributed by atoms with Crippen LogP contribution in [0.3, 0.4) is 0 Å². The maximum absolute atomic E-state index is 7.49. The van der Waals surface area contributed by atoms with Gasteiger partial charge in [-0.3, -0.25) is 0 Å². The van der Waals surface area contributed by atoms with Crippen LogP contribution in [0, 0.1) is 20.8 Å². The number of anilines is 6. The first-order valence-electron chi connectivity index (χ1n) is 19.0. The average Bonchev–Trinajstić information content (AvgIpc) is 3.89. The number of para-hydroxylation sites is 3. The molecule has 0 fully saturated rings. The molecule has 0 atom stereocenters. The van der Waals surface area contributed by atoms with E-state index < -0.39 is 0 Å². The Labute approximate surface area is 318 Å². The van der Waals surface area contributed by atoms with Gasteiger partial charge in [0.15, 0.2) is 0 Å². The Balaban J connectivity index is 1.29. The summed E-state index contributed by atoms with van der Waals surface area (Å²) in [5, 5.41) is 4.32. The predicted molar refractivity (Wildman–Crippen MR) is 229 cm³/mol. The molecular weight excluding hydrogens is 673 g/mol. The maximum atomic E-state index is 7.49. The van der Waals surface area contributed by atoms with Crippen molar-refractivity contribution in [3.63, 3.8) is 0 Å². The van der Waals surface area contributed by atoms with Crippen molar-refractivity contribution in [3.8, 4) is 5.69 Å². The third-order valence-corrected chi connectivity index (χ3v) is 11.7. The summed E-state index contributed by atoms with van der Waals surface area (Å²) in [6.45, 7) is 6.29. The summed E-state index contributed by atoms with van der Waals surface area (Å²) in [7, 11) is 0. The van der Waals surface area contributed by atoms with Crippen molar-refractivity contribution in [1.82, 2.24) is 4.57 Å². The van der Waals surface area contributed by atoms with Crippen LogP contribution in [0.15, 0.2) is 160 Å². The fraction of sp³-hybridized carbons (Fsp3) is 0.0612. The molecule has 10 aromatic rings. The van der Waals surface area contributed by atoms with Gasteiger partial charge in [-0.15, -0.1) is 0 Å². The second-order valence-corrected chi connectivity index (χ2v) is 15.1. The van der Waals surface area contributed by atoms with Crippen LogP contribution in [-0.2, 0) is 0 Å². The third kappa shape index (κ3) is 4.14. The molecule has 7 aromatic carbocycles. The van der Waals surface area contributed by atoms with E-state index in [1.165, 1.54) is 38.8 Å². The lowest BCUT2D eigenvalue weighted by Gasteiger charge is -2.42. The van der Waals surface area contributed by atoms with Crippen molar-refractivity contribution >= 4 is 101 Å². The SMILES string of the molecule is Cc1ccc(N2c3cc(C)cc4c3B(c3oc5c(ccc6oc7ccccc7c65)c32)c2c(c3ccccc3n2-c2ccccc2)N4c2ccc(C)cc2)cc1. The Morgan fingerprint density at radius 1 is 0.473 bits per heavy atom. The van der Waals surface area contributed by atoms with Crippen molar-refractivity contribution in [3.05, 3.63) is 168 Å². The first kappa shape index (κ1) is 30.5. The number of aromatic nitrogens is 1. The van der Waals surface area contributed by atoms with Crippen LogP contribution in [0.1, 0.15) is 16.7 Å². The number of rotatable bonds is 3. The van der Waals surface area contributed by atoms with Crippen molar-refractivity contribution in [1.29, 1.82) is 0 Å². The monoisotopic (exact) mass is 707 g/mol. The summed E-state index contributed by atoms with van der Waals surface area (Å²) in [6, 6.07) is 54.8. The van der Waals surface area contributed by atoms with E-state index >= 15 is 0 Å². The Morgan fingerprint density at radius 3 is 1.80 bits per heavy atom. The van der Waals surface area contributed by atoms with Gasteiger partial charge in [0.1, 0.15) is 22.4 Å². The second-order valence-electron chi connectivity index (χ2n) is 15.1. The highest BCUT2D eigenvalue weighted by Gasteiger charge is 2.49. The molecule has 0 radical (unpaired) electrons. The van der Waals surface area contributed by atoms with E-state index in [0.717, 1.165) is 78.2 Å². The number of benzene rings is 7. The smallest absolute Gasteiger partial charge is 0.318 e. The van der Waals surface area contributed by atoms with Crippen LogP contribution >= 0.6 is 0 Å². The maximum Gasteiger partial charge on any atom is 0.318 e. The molecule has 0 saturated heterocycles. The van der Waals surface area contributed by atoms with Gasteiger partial charge in [-0.1, -0.05) is 90.0 Å². The second kappa shape index (κ2) is 11.1. The van der Waals surface area contributed by atoms with E-state index in [1.807, 2.05) is 12.1 Å². The minimum absolute atomic E-state index is 0.229. The standard InChI is InChI=1S/C49H34BN3O2/c1-29-17-21-33(22-18-29)51-39-27-31(3)28-40-44(39)50(48-45(51)35-13-7-9-15-38(35)53(48)32-11-5-4-6-12-32)49-46(52(40)34-23-19-30(2)20-24-34)37-25-26-42-43(47(37)55-49)36-14-8-10-16-41(36)54-42/h4-28H,1-3H3. The van der Waals surface area contributed by atoms with E-state index in [-0.39, 0.29) is 6.71 Å². The summed E-state index contributed by atoms with van der Waals surface area (Å²) >= 11 is 0. The Hall–Kier alpha value is -6.92. The number of furan rings is 2. The summed E-state index contributed by atoms with van der Waals surface area (Å²) in [5.41, 5.74) is 18.5. The molecule has 0 unspecified atom stereocenters. The molecule has 3 aromatic heterocycles. The van der Waals surface area contributed by atoms with Gasteiger partial charge in [0.05, 0.1) is 22.3 Å². The molecule has 0 saturated carbocycles. The number of hydrogen-bond donors (Lipinski definition) is 0. The van der Waals surface area contributed by atoms with E-state index in [0.29, 0.717) is 0 Å². The molecule has 0 N–H and O–H groups in total. The number of nitrogens with zero attached hydrogens (tertiary/aromatic N) is 3. The highest BCUT2D eigenvalue weighted by molar-refractivity contribution is 7.00. The molecule has 12 rings (SSSR count). The highest BCUT2D eigenvalue weighted by atomic mass is 16.3. The summed E-state index contributed by atoms with van der Waals surface area (Å²) in [5.74, 6) is 0. The fourth-order valence-electron chi connectivity index (χ4n) is 9.38. The highest BCUT2D eigenvalue weighted by Crippen LogP contribution is 2.50. The molecule has 0 spiro atoms. The largest absolute Gasteiger partial charge is 0.467 e. The van der Waals surface area contributed by atoms with E-state index in [1.54, 1.807) is 0 Å². The quantitative estimate of drug-likeness (QED) is 0.171. The van der Waals surface area contributed by atoms with Gasteiger partial charge < -0.3 is 23.2 Å². The van der Waals surface area contributed by atoms with Crippen LogP contribution in [0.2, 0.25) is 0 Å². The molecule has 0 amide bonds. The van der Waals surface area contributed by atoms with Gasteiger partial charge in [0.2, 0.25) is 0 Å². The lowest BCUT2D eigenvalue weighted by molar-refractivity contribution is 0.651. The Morgan fingerprint density at radius 2 is 1.09 bits per heavy atom. The predicted octanol–water partition coefficient (Wildman–Crippen LogP) is 11.3. The summed E-state index contributed by atoms with van der Waals surface area (Å²) in [4.78, 5) is 4.95. The molecule has 260 valence electrons. The van der Waals surface area contributed by atoms with Crippen molar-refractivity contribution < 1.29 is 8.83 Å². The number of hydrogen-bond acceptors (Lipinski definition) is 4. The Kier molecular flexibility index (Phi) is 6.14. The molecule has 0 bridgehead atoms. The molecular formula is C49H34BN3O2. The molecule has 2 aliphatic rings. The van der Waals surface area contributed by atoms with E-state index in [9.17, 15) is 0 Å². The zero-order valence-electron chi connectivity index (χ0n) is 30.7. The summed E-state index contributed by atoms with van der Waals surface area (Å²) in [6.07, 6.45) is 0. The molecule has 55 heavy (non-hydrogen) atoms. The van der Waals surface area contributed by atoms with Gasteiger partial charge in [-0.05, 0) is 105 Å². The lowest BCUT2D eigenvalue weighted by atomic mass is 9.37. The van der Waals surface area contributed by atoms with Crippen LogP contribution < -0.4 is 26.5 Å². The van der Waals surface area contributed by atoms with Crippen molar-refractivity contribution in [2.45, 2.75) is 20.8 Å². The summed E-state index contributed by atoms with van der Waals surface area (Å²) < 4.78 is 16.4. The first-order valence-corrected chi connectivity index (χ1v) is 19.0. The first-order chi connectivity index (χ1) is 27.0. The van der Waals surface area contributed by atoms with Gasteiger partial charge in [0.25, 0.3) is 0 Å². The van der Waals surface area contributed by atoms with Crippen LogP contribution in [0.25, 0.3) is 49.5 Å². The number of aryl methyl sites for hydroxylation is 3. The topological polar surface area (TPSA) is 37.7 Å². The van der Waals surface area contributed by atoms with E-state index in [4.69, 9.17) is 8.83 Å². The van der Waals surface area contributed by atoms with Gasteiger partial charge in [-0.25, -0.2) is 0 Å². The fourth-order valence-corrected chi connectivity index (χ4v) is 9.38. The van der Waals surface area contributed by atoms with Crippen molar-refractivity contribution in [2.24, 2.45) is 0 Å². The Bertz CT molecular complexity index is 3190. The third-order valence-electron chi connectivity index (χ3n) is 11.7. The van der Waals surface area contributed by atoms with E-state index in [2.05, 4.69) is 175 Å². The van der Waals surface area contributed by atoms with Gasteiger partial charge >= 0.3 is 6.71 Å². The zero-order valence-corrected chi connectivity index (χ0v) is 30.7. The van der Waals surface area contributed by atoms with Gasteiger partial charge in [0, 0.05) is 50.2 Å². The molecule has 5 heterocycles.